The molecule has 7 heteroatoms. The second kappa shape index (κ2) is 8.62. The smallest absolute Gasteiger partial charge is 0.253 e. The first-order valence-electron chi connectivity index (χ1n) is 10.3. The number of carbonyl (C=O) groups is 1. The lowest BCUT2D eigenvalue weighted by molar-refractivity contribution is 0.0765. The number of hydrogen-bond acceptors (Lipinski definition) is 4. The molecule has 1 saturated heterocycles. The molecule has 0 unspecified atom stereocenters. The number of likely N-dealkylation sites (tertiary alicyclic amines) is 1. The Morgan fingerprint density at radius 3 is 2.42 bits per heavy atom. The maximum absolute atomic E-state index is 13.0. The molecule has 1 aliphatic rings. The van der Waals surface area contributed by atoms with Crippen LogP contribution in [0, 0.1) is 23.2 Å². The summed E-state index contributed by atoms with van der Waals surface area (Å²) in [5.74, 6) is 5.53. The van der Waals surface area contributed by atoms with Gasteiger partial charge in [-0.05, 0) is 55.8 Å². The zero-order valence-corrected chi connectivity index (χ0v) is 19.5. The summed E-state index contributed by atoms with van der Waals surface area (Å²) in [5, 5.41) is 12.2. The van der Waals surface area contributed by atoms with E-state index in [1.165, 1.54) is 19.0 Å². The topological polar surface area (TPSA) is 77.9 Å². The summed E-state index contributed by atoms with van der Waals surface area (Å²) in [6.45, 7) is 6.54. The molecule has 0 spiro atoms. The van der Waals surface area contributed by atoms with Gasteiger partial charge < -0.3 is 10.0 Å². The number of aliphatic hydroxyl groups is 1. The summed E-state index contributed by atoms with van der Waals surface area (Å²) in [5.41, 5.74) is 1.37. The molecular formula is C24H30N2O4S. The summed E-state index contributed by atoms with van der Waals surface area (Å²) >= 11 is 0. The van der Waals surface area contributed by atoms with Crippen molar-refractivity contribution in [3.05, 3.63) is 47.5 Å². The molecule has 1 aliphatic heterocycles. The molecule has 0 bridgehead atoms. The zero-order valence-electron chi connectivity index (χ0n) is 18.7. The zero-order chi connectivity index (χ0) is 23.0. The SMILES string of the molecule is CN(C)S(=O)(=O)C[C@@H]1CN(C(=O)c2ccc3cc(C#CC(C)(C)C)ccc3c2)C[C@H]1O. The Balaban J connectivity index is 1.77. The van der Waals surface area contributed by atoms with Crippen LogP contribution in [0.5, 0.6) is 0 Å². The number of amides is 1. The Hall–Kier alpha value is -2.40. The third kappa shape index (κ3) is 5.65. The molecule has 2 atom stereocenters. The van der Waals surface area contributed by atoms with Crippen molar-refractivity contribution >= 4 is 26.7 Å². The van der Waals surface area contributed by atoms with Gasteiger partial charge in [-0.3, -0.25) is 4.79 Å². The highest BCUT2D eigenvalue weighted by Crippen LogP contribution is 2.24. The molecule has 6 nitrogen and oxygen atoms in total. The standard InChI is InChI=1S/C24H30N2O4S/c1-24(2,3)11-10-17-6-7-19-13-20(9-8-18(19)12-17)23(28)26-14-21(22(27)15-26)16-31(29,30)25(4)5/h6-9,12-13,21-22,27H,14-16H2,1-5H3/t21-,22+/m0/s1. The number of nitrogens with zero attached hydrogens (tertiary/aromatic N) is 2. The van der Waals surface area contributed by atoms with Gasteiger partial charge in [0.15, 0.2) is 0 Å². The van der Waals surface area contributed by atoms with Gasteiger partial charge in [-0.25, -0.2) is 12.7 Å². The number of sulfonamides is 1. The lowest BCUT2D eigenvalue weighted by Gasteiger charge is -2.18. The Labute approximate surface area is 184 Å². The van der Waals surface area contributed by atoms with E-state index in [4.69, 9.17) is 0 Å². The quantitative estimate of drug-likeness (QED) is 0.739. The van der Waals surface area contributed by atoms with E-state index in [1.807, 2.05) is 30.3 Å². The van der Waals surface area contributed by atoms with E-state index >= 15 is 0 Å². The molecule has 31 heavy (non-hydrogen) atoms. The number of carbonyl (C=O) groups excluding carboxylic acids is 1. The molecule has 2 aromatic carbocycles. The molecule has 1 N–H and O–H groups in total. The van der Waals surface area contributed by atoms with E-state index in [-0.39, 0.29) is 30.2 Å². The van der Waals surface area contributed by atoms with Crippen molar-refractivity contribution < 1.29 is 18.3 Å². The van der Waals surface area contributed by atoms with Crippen LogP contribution < -0.4 is 0 Å². The van der Waals surface area contributed by atoms with Crippen molar-refractivity contribution in [1.29, 1.82) is 0 Å². The number of rotatable bonds is 4. The van der Waals surface area contributed by atoms with Crippen LogP contribution in [0.25, 0.3) is 10.8 Å². The third-order valence-corrected chi connectivity index (χ3v) is 7.31. The molecule has 2 aromatic rings. The van der Waals surface area contributed by atoms with Crippen LogP contribution in [-0.4, -0.2) is 67.7 Å². The van der Waals surface area contributed by atoms with Crippen molar-refractivity contribution in [2.75, 3.05) is 32.9 Å². The number of benzene rings is 2. The number of hydrogen-bond donors (Lipinski definition) is 1. The summed E-state index contributed by atoms with van der Waals surface area (Å²) in [7, 11) is -0.517. The van der Waals surface area contributed by atoms with E-state index in [1.54, 1.807) is 6.07 Å². The maximum Gasteiger partial charge on any atom is 0.253 e. The van der Waals surface area contributed by atoms with Gasteiger partial charge in [-0.2, -0.15) is 0 Å². The van der Waals surface area contributed by atoms with Crippen molar-refractivity contribution in [1.82, 2.24) is 9.21 Å². The fraction of sp³-hybridized carbons (Fsp3) is 0.458. The molecule has 1 heterocycles. The Bertz CT molecular complexity index is 1150. The van der Waals surface area contributed by atoms with Crippen LogP contribution in [-0.2, 0) is 10.0 Å². The van der Waals surface area contributed by atoms with Crippen molar-refractivity contribution in [2.45, 2.75) is 26.9 Å². The first-order chi connectivity index (χ1) is 14.4. The average Bonchev–Trinajstić information content (AvgIpc) is 3.04. The predicted molar refractivity (Wildman–Crippen MR) is 123 cm³/mol. The monoisotopic (exact) mass is 442 g/mol. The molecular weight excluding hydrogens is 412 g/mol. The van der Waals surface area contributed by atoms with Gasteiger partial charge in [0.1, 0.15) is 0 Å². The fourth-order valence-corrected chi connectivity index (χ4v) is 4.67. The average molecular weight is 443 g/mol. The molecule has 0 aromatic heterocycles. The first-order valence-corrected chi connectivity index (χ1v) is 11.9. The van der Waals surface area contributed by atoms with Crippen LogP contribution >= 0.6 is 0 Å². The van der Waals surface area contributed by atoms with Crippen molar-refractivity contribution in [3.8, 4) is 11.8 Å². The molecule has 1 amide bonds. The van der Waals surface area contributed by atoms with E-state index in [0.717, 1.165) is 20.6 Å². The highest BCUT2D eigenvalue weighted by Gasteiger charge is 2.37. The Morgan fingerprint density at radius 1 is 1.13 bits per heavy atom. The Kier molecular flexibility index (Phi) is 6.47. The van der Waals surface area contributed by atoms with E-state index in [2.05, 4.69) is 32.6 Å². The fourth-order valence-electron chi connectivity index (χ4n) is 3.50. The minimum absolute atomic E-state index is 0.0741. The van der Waals surface area contributed by atoms with Gasteiger partial charge in [0, 0.05) is 49.6 Å². The van der Waals surface area contributed by atoms with E-state index in [9.17, 15) is 18.3 Å². The van der Waals surface area contributed by atoms with Gasteiger partial charge in [0.25, 0.3) is 5.91 Å². The highest BCUT2D eigenvalue weighted by molar-refractivity contribution is 7.89. The Morgan fingerprint density at radius 2 is 1.77 bits per heavy atom. The van der Waals surface area contributed by atoms with Gasteiger partial charge in [-0.15, -0.1) is 0 Å². The normalized spacial score (nSPS) is 19.5. The van der Waals surface area contributed by atoms with E-state index in [0.29, 0.717) is 5.56 Å². The van der Waals surface area contributed by atoms with Gasteiger partial charge in [0.05, 0.1) is 11.9 Å². The lowest BCUT2D eigenvalue weighted by atomic mass is 9.97. The maximum atomic E-state index is 13.0. The lowest BCUT2D eigenvalue weighted by Crippen LogP contribution is -2.33. The molecule has 0 aliphatic carbocycles. The van der Waals surface area contributed by atoms with Crippen LogP contribution in [0.4, 0.5) is 0 Å². The predicted octanol–water partition coefficient (Wildman–Crippen LogP) is 2.56. The summed E-state index contributed by atoms with van der Waals surface area (Å²) in [6, 6.07) is 11.4. The van der Waals surface area contributed by atoms with Gasteiger partial charge in [-0.1, -0.05) is 24.0 Å². The number of aliphatic hydroxyl groups excluding tert-OH is 1. The number of β-amino-alcohol motifs (C(OH)–C–C–N with tert-alkyl or cyclic N) is 1. The summed E-state index contributed by atoms with van der Waals surface area (Å²) in [4.78, 5) is 14.5. The van der Waals surface area contributed by atoms with Crippen LogP contribution in [0.1, 0.15) is 36.7 Å². The molecule has 0 radical (unpaired) electrons. The number of fused-ring (bicyclic) bond motifs is 1. The second-order valence-corrected chi connectivity index (χ2v) is 11.6. The van der Waals surface area contributed by atoms with Crippen molar-refractivity contribution in [2.24, 2.45) is 11.3 Å². The van der Waals surface area contributed by atoms with Gasteiger partial charge >= 0.3 is 0 Å². The first kappa shape index (κ1) is 23.3. The third-order valence-electron chi connectivity index (χ3n) is 5.34. The summed E-state index contributed by atoms with van der Waals surface area (Å²) < 4.78 is 25.5. The van der Waals surface area contributed by atoms with Crippen molar-refractivity contribution in [3.63, 3.8) is 0 Å². The van der Waals surface area contributed by atoms with Crippen LogP contribution in [0.15, 0.2) is 36.4 Å². The highest BCUT2D eigenvalue weighted by atomic mass is 32.2. The van der Waals surface area contributed by atoms with E-state index < -0.39 is 22.0 Å². The summed E-state index contributed by atoms with van der Waals surface area (Å²) in [6.07, 6.45) is -0.858. The van der Waals surface area contributed by atoms with Gasteiger partial charge in [0.2, 0.25) is 10.0 Å². The molecule has 3 rings (SSSR count). The van der Waals surface area contributed by atoms with Crippen LogP contribution in [0.3, 0.4) is 0 Å². The van der Waals surface area contributed by atoms with Crippen LogP contribution in [0.2, 0.25) is 0 Å². The molecule has 1 fully saturated rings. The minimum atomic E-state index is -3.45. The second-order valence-electron chi connectivity index (χ2n) is 9.38. The molecule has 0 saturated carbocycles. The minimum Gasteiger partial charge on any atom is -0.391 e. The largest absolute Gasteiger partial charge is 0.391 e. The molecule has 166 valence electrons.